The molecule has 0 N–H and O–H groups in total. The molecule has 1 amide bonds. The summed E-state index contributed by atoms with van der Waals surface area (Å²) >= 11 is 0. The van der Waals surface area contributed by atoms with Crippen molar-refractivity contribution >= 4 is 22.7 Å². The van der Waals surface area contributed by atoms with Crippen molar-refractivity contribution in [2.45, 2.75) is 25.7 Å². The van der Waals surface area contributed by atoms with Crippen molar-refractivity contribution in [3.8, 4) is 6.07 Å². The molecule has 1 aromatic heterocycles. The highest BCUT2D eigenvalue weighted by atomic mass is 16.3. The fraction of sp³-hybridized carbons (Fsp3) is 0.389. The molecular formula is C18H18N2O3. The Balaban J connectivity index is 1.82. The van der Waals surface area contributed by atoms with Gasteiger partial charge in [0.05, 0.1) is 12.0 Å². The van der Waals surface area contributed by atoms with Crippen molar-refractivity contribution in [3.05, 3.63) is 36.1 Å². The lowest BCUT2D eigenvalue weighted by molar-refractivity contribution is -0.138. The van der Waals surface area contributed by atoms with Crippen molar-refractivity contribution in [1.29, 1.82) is 5.26 Å². The first-order valence-corrected chi connectivity index (χ1v) is 7.82. The minimum absolute atomic E-state index is 0.377. The molecule has 1 aromatic carbocycles. The van der Waals surface area contributed by atoms with Crippen LogP contribution in [0.15, 0.2) is 34.7 Å². The van der Waals surface area contributed by atoms with Crippen molar-refractivity contribution in [2.24, 2.45) is 5.92 Å². The molecule has 0 aliphatic carbocycles. The third-order valence-corrected chi connectivity index (χ3v) is 4.38. The second-order valence-electron chi connectivity index (χ2n) is 5.91. The number of benzene rings is 1. The van der Waals surface area contributed by atoms with Crippen LogP contribution in [0.25, 0.3) is 11.0 Å². The van der Waals surface area contributed by atoms with Crippen LogP contribution < -0.4 is 0 Å². The van der Waals surface area contributed by atoms with Gasteiger partial charge in [-0.25, -0.2) is 0 Å². The zero-order valence-electron chi connectivity index (χ0n) is 13.0. The number of carbonyl (C=O) groups is 2. The van der Waals surface area contributed by atoms with Gasteiger partial charge in [0, 0.05) is 18.5 Å². The van der Waals surface area contributed by atoms with Gasteiger partial charge in [0.1, 0.15) is 11.3 Å². The predicted octanol–water partition coefficient (Wildman–Crippen LogP) is 2.87. The van der Waals surface area contributed by atoms with Gasteiger partial charge in [0.25, 0.3) is 0 Å². The summed E-state index contributed by atoms with van der Waals surface area (Å²) in [4.78, 5) is 26.6. The topological polar surface area (TPSA) is 74.3 Å². The van der Waals surface area contributed by atoms with Crippen molar-refractivity contribution < 1.29 is 14.0 Å². The maximum absolute atomic E-state index is 12.6. The number of nitriles is 1. The second-order valence-corrected chi connectivity index (χ2v) is 5.91. The van der Waals surface area contributed by atoms with Gasteiger partial charge in [0.15, 0.2) is 11.7 Å². The Morgan fingerprint density at radius 1 is 1.26 bits per heavy atom. The van der Waals surface area contributed by atoms with Gasteiger partial charge >= 0.3 is 0 Å². The van der Waals surface area contributed by atoms with Gasteiger partial charge < -0.3 is 9.32 Å². The van der Waals surface area contributed by atoms with Crippen LogP contribution in [0, 0.1) is 17.2 Å². The Kier molecular flexibility index (Phi) is 4.16. The molecule has 0 saturated carbocycles. The number of hydrogen-bond acceptors (Lipinski definition) is 4. The number of rotatable bonds is 4. The lowest BCUT2D eigenvalue weighted by Gasteiger charge is -2.19. The molecule has 1 fully saturated rings. The molecule has 2 aromatic rings. The summed E-state index contributed by atoms with van der Waals surface area (Å²) in [5.74, 6) is -2.16. The number of furan rings is 1. The molecule has 118 valence electrons. The fourth-order valence-corrected chi connectivity index (χ4v) is 2.97. The molecule has 23 heavy (non-hydrogen) atoms. The summed E-state index contributed by atoms with van der Waals surface area (Å²) < 4.78 is 5.70. The summed E-state index contributed by atoms with van der Waals surface area (Å²) in [5, 5.41) is 10.2. The van der Waals surface area contributed by atoms with E-state index in [4.69, 9.17) is 4.42 Å². The second kappa shape index (κ2) is 6.25. The van der Waals surface area contributed by atoms with Crippen molar-refractivity contribution in [3.63, 3.8) is 0 Å². The number of likely N-dealkylation sites (tertiary alicyclic amines) is 1. The molecule has 5 nitrogen and oxygen atoms in total. The van der Waals surface area contributed by atoms with Gasteiger partial charge in [-0.15, -0.1) is 0 Å². The van der Waals surface area contributed by atoms with E-state index in [0.717, 1.165) is 18.2 Å². The predicted molar refractivity (Wildman–Crippen MR) is 84.6 cm³/mol. The smallest absolute Gasteiger partial charge is 0.247 e. The molecule has 2 heterocycles. The van der Waals surface area contributed by atoms with E-state index in [2.05, 4.69) is 0 Å². The molecule has 0 unspecified atom stereocenters. The maximum Gasteiger partial charge on any atom is 0.247 e. The van der Waals surface area contributed by atoms with Crippen molar-refractivity contribution in [2.75, 3.05) is 13.1 Å². The van der Waals surface area contributed by atoms with E-state index in [1.165, 1.54) is 0 Å². The van der Waals surface area contributed by atoms with Crippen LogP contribution in [0.4, 0.5) is 0 Å². The highest BCUT2D eigenvalue weighted by Gasteiger charge is 2.36. The number of carbonyl (C=O) groups excluding carboxylic acids is 2. The minimum Gasteiger partial charge on any atom is -0.460 e. The van der Waals surface area contributed by atoms with Crippen LogP contribution in [-0.2, 0) is 9.59 Å². The van der Waals surface area contributed by atoms with Crippen LogP contribution in [0.1, 0.15) is 31.4 Å². The number of ketones is 1. The van der Waals surface area contributed by atoms with E-state index in [0.29, 0.717) is 24.4 Å². The van der Waals surface area contributed by atoms with Crippen molar-refractivity contribution in [1.82, 2.24) is 4.90 Å². The van der Waals surface area contributed by atoms with E-state index < -0.39 is 17.6 Å². The number of Topliss-reactive ketones (excluding diaryl/α,β-unsaturated/α-hetero) is 1. The SMILES string of the molecule is C[C@H](C(=O)[C@H](C#N)C(=O)N1CCCC1)c1cc2ccccc2o1. The van der Waals surface area contributed by atoms with Gasteiger partial charge in [-0.2, -0.15) is 5.26 Å². The van der Waals surface area contributed by atoms with E-state index in [9.17, 15) is 14.9 Å². The zero-order chi connectivity index (χ0) is 16.4. The highest BCUT2D eigenvalue weighted by molar-refractivity contribution is 6.06. The molecule has 1 saturated heterocycles. The number of amides is 1. The van der Waals surface area contributed by atoms with E-state index in [1.807, 2.05) is 30.3 Å². The lowest BCUT2D eigenvalue weighted by atomic mass is 9.92. The Bertz CT molecular complexity index is 748. The number of para-hydroxylation sites is 1. The normalized spacial score (nSPS) is 17.0. The van der Waals surface area contributed by atoms with E-state index >= 15 is 0 Å². The van der Waals surface area contributed by atoms with Gasteiger partial charge in [0.2, 0.25) is 5.91 Å². The minimum atomic E-state index is -1.25. The zero-order valence-corrected chi connectivity index (χ0v) is 13.0. The quantitative estimate of drug-likeness (QED) is 0.814. The Morgan fingerprint density at radius 2 is 1.96 bits per heavy atom. The van der Waals surface area contributed by atoms with Gasteiger partial charge in [-0.05, 0) is 31.9 Å². The van der Waals surface area contributed by atoms with Crippen LogP contribution in [0.5, 0.6) is 0 Å². The van der Waals surface area contributed by atoms with E-state index in [1.54, 1.807) is 17.9 Å². The first-order chi connectivity index (χ1) is 11.1. The largest absolute Gasteiger partial charge is 0.460 e. The van der Waals surface area contributed by atoms with E-state index in [-0.39, 0.29) is 5.91 Å². The molecule has 1 aliphatic rings. The maximum atomic E-state index is 12.6. The summed E-state index contributed by atoms with van der Waals surface area (Å²) in [6.07, 6.45) is 1.86. The summed E-state index contributed by atoms with van der Waals surface area (Å²) in [6.45, 7) is 2.94. The van der Waals surface area contributed by atoms with Gasteiger partial charge in [-0.1, -0.05) is 18.2 Å². The summed E-state index contributed by atoms with van der Waals surface area (Å²) in [5.41, 5.74) is 0.696. The Labute approximate surface area is 134 Å². The van der Waals surface area contributed by atoms with Gasteiger partial charge in [-0.3, -0.25) is 9.59 Å². The fourth-order valence-electron chi connectivity index (χ4n) is 2.97. The number of nitrogens with zero attached hydrogens (tertiary/aromatic N) is 2. The average Bonchev–Trinajstić information content (AvgIpc) is 3.23. The van der Waals surface area contributed by atoms with Crippen LogP contribution in [-0.4, -0.2) is 29.7 Å². The Hall–Kier alpha value is -2.61. The molecule has 3 rings (SSSR count). The van der Waals surface area contributed by atoms with Crippen LogP contribution >= 0.6 is 0 Å². The summed E-state index contributed by atoms with van der Waals surface area (Å²) in [6, 6.07) is 11.2. The molecule has 5 heteroatoms. The molecule has 0 radical (unpaired) electrons. The first kappa shape index (κ1) is 15.3. The molecule has 1 aliphatic heterocycles. The third kappa shape index (κ3) is 2.85. The molecule has 0 bridgehead atoms. The number of hydrogen-bond donors (Lipinski definition) is 0. The monoisotopic (exact) mass is 310 g/mol. The Morgan fingerprint density at radius 3 is 2.61 bits per heavy atom. The average molecular weight is 310 g/mol. The number of fused-ring (bicyclic) bond motifs is 1. The highest BCUT2D eigenvalue weighted by Crippen LogP contribution is 2.28. The third-order valence-electron chi connectivity index (χ3n) is 4.38. The standard InChI is InChI=1S/C18H18N2O3/c1-12(16-10-13-6-2-3-7-15(13)23-16)17(21)14(11-19)18(22)20-8-4-5-9-20/h2-3,6-7,10,12,14H,4-5,8-9H2,1H3/t12-,14-/m0/s1. The molecular weight excluding hydrogens is 292 g/mol. The molecule has 0 spiro atoms. The summed E-state index contributed by atoms with van der Waals surface area (Å²) in [7, 11) is 0. The van der Waals surface area contributed by atoms with Crippen LogP contribution in [0.2, 0.25) is 0 Å². The molecule has 2 atom stereocenters. The van der Waals surface area contributed by atoms with Crippen LogP contribution in [0.3, 0.4) is 0 Å². The first-order valence-electron chi connectivity index (χ1n) is 7.82. The lowest BCUT2D eigenvalue weighted by Crippen LogP contribution is -2.38.